The normalized spacial score (nSPS) is 12.6. The lowest BCUT2D eigenvalue weighted by atomic mass is 10.1. The van der Waals surface area contributed by atoms with Crippen molar-refractivity contribution in [1.82, 2.24) is 10.2 Å². The molecule has 1 N–H and O–H groups in total. The van der Waals surface area contributed by atoms with Gasteiger partial charge in [-0.1, -0.05) is 31.2 Å². The maximum Gasteiger partial charge on any atom is 0.156 e. The summed E-state index contributed by atoms with van der Waals surface area (Å²) in [6.45, 7) is 6.35. The molecule has 0 aliphatic heterocycles. The van der Waals surface area contributed by atoms with Crippen molar-refractivity contribution < 1.29 is 0 Å². The minimum absolute atomic E-state index is 0.398. The largest absolute Gasteiger partial charge is 0.365 e. The van der Waals surface area contributed by atoms with Crippen LogP contribution in [0.1, 0.15) is 19.5 Å². The maximum atomic E-state index is 4.28. The summed E-state index contributed by atoms with van der Waals surface area (Å²) in [5.41, 5.74) is 0.978. The lowest BCUT2D eigenvalue weighted by Gasteiger charge is -2.15. The van der Waals surface area contributed by atoms with Gasteiger partial charge in [-0.05, 0) is 19.6 Å². The molecule has 0 fully saturated rings. The zero-order valence-corrected chi connectivity index (χ0v) is 11.9. The highest BCUT2D eigenvalue weighted by Gasteiger charge is 2.08. The zero-order chi connectivity index (χ0) is 13.0. The van der Waals surface area contributed by atoms with Gasteiger partial charge in [0.2, 0.25) is 0 Å². The van der Waals surface area contributed by atoms with E-state index >= 15 is 0 Å². The number of benzene rings is 1. The summed E-state index contributed by atoms with van der Waals surface area (Å²) in [6, 6.07) is 8.67. The van der Waals surface area contributed by atoms with E-state index in [4.69, 9.17) is 0 Å². The molecule has 0 saturated heterocycles. The number of nitrogens with one attached hydrogen (secondary N) is 1. The van der Waals surface area contributed by atoms with E-state index in [1.54, 1.807) is 0 Å². The van der Waals surface area contributed by atoms with Crippen molar-refractivity contribution >= 4 is 28.4 Å². The molecule has 2 aromatic rings. The van der Waals surface area contributed by atoms with E-state index in [1.807, 2.05) is 30.8 Å². The first kappa shape index (κ1) is 13.1. The second-order valence-electron chi connectivity index (χ2n) is 4.38. The summed E-state index contributed by atoms with van der Waals surface area (Å²) in [5, 5.41) is 14.3. The molecule has 3 nitrogen and oxygen atoms in total. The van der Waals surface area contributed by atoms with Gasteiger partial charge in [-0.15, -0.1) is 5.10 Å². The van der Waals surface area contributed by atoms with Crippen molar-refractivity contribution in [3.63, 3.8) is 0 Å². The van der Waals surface area contributed by atoms with Gasteiger partial charge in [-0.2, -0.15) is 16.9 Å². The predicted octanol–water partition coefficient (Wildman–Crippen LogP) is 3.49. The van der Waals surface area contributed by atoms with E-state index in [-0.39, 0.29) is 0 Å². The van der Waals surface area contributed by atoms with Crippen LogP contribution in [0.3, 0.4) is 0 Å². The third kappa shape index (κ3) is 2.93. The Morgan fingerprint density at radius 2 is 1.94 bits per heavy atom. The molecular weight excluding hydrogens is 242 g/mol. The highest BCUT2D eigenvalue weighted by molar-refractivity contribution is 7.99. The Labute approximate surface area is 112 Å². The molecule has 0 saturated carbocycles. The molecule has 2 rings (SSSR count). The third-order valence-corrected chi connectivity index (χ3v) is 3.97. The van der Waals surface area contributed by atoms with E-state index < -0.39 is 0 Å². The summed E-state index contributed by atoms with van der Waals surface area (Å²) in [5.74, 6) is 3.12. The highest BCUT2D eigenvalue weighted by Crippen LogP contribution is 2.23. The van der Waals surface area contributed by atoms with Gasteiger partial charge in [-0.3, -0.25) is 0 Å². The Bertz CT molecular complexity index is 527. The van der Waals surface area contributed by atoms with E-state index in [0.717, 1.165) is 28.4 Å². The first-order valence-corrected chi connectivity index (χ1v) is 7.44. The van der Waals surface area contributed by atoms with Crippen LogP contribution in [0.25, 0.3) is 10.8 Å². The lowest BCUT2D eigenvalue weighted by Crippen LogP contribution is -2.19. The van der Waals surface area contributed by atoms with Gasteiger partial charge in [0.05, 0.1) is 5.69 Å². The Balaban J connectivity index is 2.26. The van der Waals surface area contributed by atoms with Crippen LogP contribution < -0.4 is 5.32 Å². The summed E-state index contributed by atoms with van der Waals surface area (Å²) >= 11 is 1.93. The molecule has 0 aliphatic carbocycles. The molecular formula is C14H19N3S. The average molecular weight is 261 g/mol. The number of thioether (sulfide) groups is 1. The quantitative estimate of drug-likeness (QED) is 0.894. The summed E-state index contributed by atoms with van der Waals surface area (Å²) in [7, 11) is 0. The van der Waals surface area contributed by atoms with Crippen LogP contribution in [0.4, 0.5) is 5.82 Å². The van der Waals surface area contributed by atoms with Crippen LogP contribution in [0.2, 0.25) is 0 Å². The molecule has 0 bridgehead atoms. The van der Waals surface area contributed by atoms with Gasteiger partial charge in [0.15, 0.2) is 5.82 Å². The van der Waals surface area contributed by atoms with Crippen molar-refractivity contribution in [1.29, 1.82) is 0 Å². The molecule has 4 heteroatoms. The van der Waals surface area contributed by atoms with E-state index in [9.17, 15) is 0 Å². The Morgan fingerprint density at radius 1 is 1.22 bits per heavy atom. The fraction of sp³-hybridized carbons (Fsp3) is 0.429. The number of nitrogens with zero attached hydrogens (tertiary/aromatic N) is 2. The van der Waals surface area contributed by atoms with Crippen molar-refractivity contribution in [3.8, 4) is 0 Å². The summed E-state index contributed by atoms with van der Waals surface area (Å²) < 4.78 is 0. The third-order valence-electron chi connectivity index (χ3n) is 2.83. The smallest absolute Gasteiger partial charge is 0.156 e. The van der Waals surface area contributed by atoms with E-state index in [0.29, 0.717) is 6.04 Å². The molecule has 1 aromatic heterocycles. The first-order chi connectivity index (χ1) is 8.72. The zero-order valence-electron chi connectivity index (χ0n) is 11.1. The molecule has 96 valence electrons. The molecule has 1 unspecified atom stereocenters. The molecule has 18 heavy (non-hydrogen) atoms. The average Bonchev–Trinajstić information content (AvgIpc) is 2.40. The van der Waals surface area contributed by atoms with Gasteiger partial charge < -0.3 is 5.32 Å². The number of hydrogen-bond acceptors (Lipinski definition) is 4. The Hall–Kier alpha value is -1.29. The molecule has 0 spiro atoms. The monoisotopic (exact) mass is 261 g/mol. The van der Waals surface area contributed by atoms with Gasteiger partial charge in [0.1, 0.15) is 0 Å². The van der Waals surface area contributed by atoms with Crippen molar-refractivity contribution in [2.24, 2.45) is 0 Å². The molecule has 1 atom stereocenters. The van der Waals surface area contributed by atoms with Crippen LogP contribution in [0, 0.1) is 6.92 Å². The number of aryl methyl sites for hydroxylation is 1. The maximum absolute atomic E-state index is 4.28. The van der Waals surface area contributed by atoms with Crippen LogP contribution in [-0.2, 0) is 0 Å². The summed E-state index contributed by atoms with van der Waals surface area (Å²) in [4.78, 5) is 0. The van der Waals surface area contributed by atoms with E-state index in [1.165, 1.54) is 5.39 Å². The Morgan fingerprint density at radius 3 is 2.67 bits per heavy atom. The van der Waals surface area contributed by atoms with Crippen LogP contribution in [0.15, 0.2) is 24.3 Å². The van der Waals surface area contributed by atoms with Crippen LogP contribution in [-0.4, -0.2) is 27.7 Å². The highest BCUT2D eigenvalue weighted by atomic mass is 32.2. The SMILES string of the molecule is CCSCC(C)Nc1nnc(C)c2ccccc12. The standard InChI is InChI=1S/C14H19N3S/c1-4-18-9-10(2)15-14-13-8-6-5-7-12(13)11(3)16-17-14/h5-8,10H,4,9H2,1-3H3,(H,15,17). The van der Waals surface area contributed by atoms with Gasteiger partial charge in [-0.25, -0.2) is 0 Å². The van der Waals surface area contributed by atoms with Crippen molar-refractivity contribution in [2.75, 3.05) is 16.8 Å². The van der Waals surface area contributed by atoms with E-state index in [2.05, 4.69) is 41.5 Å². The first-order valence-electron chi connectivity index (χ1n) is 6.28. The second kappa shape index (κ2) is 6.05. The van der Waals surface area contributed by atoms with Gasteiger partial charge in [0.25, 0.3) is 0 Å². The van der Waals surface area contributed by atoms with Crippen LogP contribution >= 0.6 is 11.8 Å². The topological polar surface area (TPSA) is 37.8 Å². The van der Waals surface area contributed by atoms with Crippen LogP contribution in [0.5, 0.6) is 0 Å². The lowest BCUT2D eigenvalue weighted by molar-refractivity contribution is 0.885. The minimum atomic E-state index is 0.398. The predicted molar refractivity (Wildman–Crippen MR) is 80.4 cm³/mol. The second-order valence-corrected chi connectivity index (χ2v) is 5.70. The number of rotatable bonds is 5. The fourth-order valence-corrected chi connectivity index (χ4v) is 2.59. The number of aromatic nitrogens is 2. The number of fused-ring (bicyclic) bond motifs is 1. The molecule has 0 amide bonds. The number of anilines is 1. The molecule has 0 radical (unpaired) electrons. The van der Waals surface area contributed by atoms with Crippen molar-refractivity contribution in [3.05, 3.63) is 30.0 Å². The van der Waals surface area contributed by atoms with Crippen molar-refractivity contribution in [2.45, 2.75) is 26.8 Å². The Kier molecular flexibility index (Phi) is 4.42. The minimum Gasteiger partial charge on any atom is -0.365 e. The number of hydrogen-bond donors (Lipinski definition) is 1. The molecule has 1 aromatic carbocycles. The van der Waals surface area contributed by atoms with Gasteiger partial charge >= 0.3 is 0 Å². The summed E-state index contributed by atoms with van der Waals surface area (Å²) in [6.07, 6.45) is 0. The fourth-order valence-electron chi connectivity index (χ4n) is 1.91. The molecule has 0 aliphatic rings. The molecule has 1 heterocycles. The van der Waals surface area contributed by atoms with Gasteiger partial charge in [0, 0.05) is 22.6 Å².